The summed E-state index contributed by atoms with van der Waals surface area (Å²) in [4.78, 5) is 0. The predicted octanol–water partition coefficient (Wildman–Crippen LogP) is 2.28. The van der Waals surface area contributed by atoms with Crippen LogP contribution in [0, 0.1) is 0 Å². The van der Waals surface area contributed by atoms with Crippen LogP contribution in [0.4, 0.5) is 0 Å². The maximum absolute atomic E-state index is 9.04. The molecule has 0 atom stereocenters. The first kappa shape index (κ1) is 10.5. The molecule has 72 valence electrons. The van der Waals surface area contributed by atoms with Crippen molar-refractivity contribution in [2.75, 3.05) is 14.2 Å². The number of nitrogens with zero attached hydrogens (tertiary/aromatic N) is 1. The minimum absolute atomic E-state index is 0.491. The number of hydrogen-bond acceptors (Lipinski definition) is 3. The van der Waals surface area contributed by atoms with Crippen LogP contribution >= 0.6 is 15.9 Å². The topological polar surface area (TPSA) is 32.7 Å². The predicted molar refractivity (Wildman–Crippen MR) is 53.9 cm³/mol. The lowest BCUT2D eigenvalue weighted by molar-refractivity contribution is -0.0733. The lowest BCUT2D eigenvalue weighted by atomic mass is 10.2. The normalized spacial score (nSPS) is 10.5. The van der Waals surface area contributed by atoms with Crippen LogP contribution in [0.3, 0.4) is 0 Å². The molecule has 0 radical (unpaired) electrons. The van der Waals surface area contributed by atoms with Gasteiger partial charge in [-0.05, 0) is 17.7 Å². The van der Waals surface area contributed by atoms with E-state index in [9.17, 15) is 0 Å². The van der Waals surface area contributed by atoms with E-state index in [4.69, 9.17) is 9.94 Å². The molecule has 0 aliphatic heterocycles. The highest BCUT2D eigenvalue weighted by atomic mass is 79.9. The largest absolute Gasteiger partial charge is 0.497 e. The molecule has 1 aromatic carbocycles. The van der Waals surface area contributed by atoms with Gasteiger partial charge < -0.3 is 9.94 Å². The summed E-state index contributed by atoms with van der Waals surface area (Å²) in [5.74, 6) is 0.802. The molecule has 0 saturated heterocycles. The molecule has 0 aliphatic rings. The number of halogens is 1. The van der Waals surface area contributed by atoms with Crippen LogP contribution in [-0.4, -0.2) is 24.4 Å². The number of ether oxygens (including phenoxy) is 1. The number of hydrogen-bond donors (Lipinski definition) is 1. The monoisotopic (exact) mass is 245 g/mol. The van der Waals surface area contributed by atoms with E-state index in [1.807, 2.05) is 18.2 Å². The fraction of sp³-hybridized carbons (Fsp3) is 0.333. The molecule has 0 bridgehead atoms. The number of rotatable bonds is 3. The molecule has 1 N–H and O–H groups in total. The van der Waals surface area contributed by atoms with E-state index in [-0.39, 0.29) is 0 Å². The van der Waals surface area contributed by atoms with E-state index in [0.717, 1.165) is 20.8 Å². The third-order valence-corrected chi connectivity index (χ3v) is 2.40. The number of methoxy groups -OCH3 is 1. The second-order valence-corrected chi connectivity index (χ2v) is 3.63. The van der Waals surface area contributed by atoms with Crippen molar-refractivity contribution in [3.63, 3.8) is 0 Å². The van der Waals surface area contributed by atoms with Crippen molar-refractivity contribution in [1.82, 2.24) is 5.06 Å². The zero-order chi connectivity index (χ0) is 9.84. The van der Waals surface area contributed by atoms with Crippen molar-refractivity contribution in [3.8, 4) is 5.75 Å². The third kappa shape index (κ3) is 2.99. The Kier molecular flexibility index (Phi) is 3.71. The highest BCUT2D eigenvalue weighted by Crippen LogP contribution is 2.23. The van der Waals surface area contributed by atoms with Crippen LogP contribution < -0.4 is 4.74 Å². The Balaban J connectivity index is 2.85. The highest BCUT2D eigenvalue weighted by Gasteiger charge is 2.03. The van der Waals surface area contributed by atoms with Gasteiger partial charge >= 0.3 is 0 Å². The molecule has 0 fully saturated rings. The summed E-state index contributed by atoms with van der Waals surface area (Å²) in [6.07, 6.45) is 0. The first-order valence-electron chi connectivity index (χ1n) is 3.86. The van der Waals surface area contributed by atoms with Gasteiger partial charge in [0.05, 0.1) is 7.11 Å². The van der Waals surface area contributed by atoms with Gasteiger partial charge in [0, 0.05) is 18.1 Å². The van der Waals surface area contributed by atoms with Gasteiger partial charge in [-0.2, -0.15) is 5.06 Å². The molecule has 0 aromatic heterocycles. The molecule has 13 heavy (non-hydrogen) atoms. The molecular formula is C9H12BrNO2. The van der Waals surface area contributed by atoms with E-state index >= 15 is 0 Å². The fourth-order valence-corrected chi connectivity index (χ4v) is 1.51. The molecule has 0 saturated carbocycles. The molecule has 3 nitrogen and oxygen atoms in total. The van der Waals surface area contributed by atoms with Crippen LogP contribution in [0.1, 0.15) is 5.56 Å². The summed E-state index contributed by atoms with van der Waals surface area (Å²) in [6.45, 7) is 0.491. The molecule has 1 aromatic rings. The van der Waals surface area contributed by atoms with Gasteiger partial charge in [-0.3, -0.25) is 0 Å². The second kappa shape index (κ2) is 4.60. The summed E-state index contributed by atoms with van der Waals surface area (Å²) in [5, 5.41) is 10.2. The van der Waals surface area contributed by atoms with Crippen LogP contribution in [0.25, 0.3) is 0 Å². The Labute approximate surface area is 86.0 Å². The smallest absolute Gasteiger partial charge is 0.120 e. The summed E-state index contributed by atoms with van der Waals surface area (Å²) in [5.41, 5.74) is 1.02. The summed E-state index contributed by atoms with van der Waals surface area (Å²) in [7, 11) is 3.23. The van der Waals surface area contributed by atoms with Crippen molar-refractivity contribution >= 4 is 15.9 Å². The Morgan fingerprint density at radius 1 is 1.54 bits per heavy atom. The van der Waals surface area contributed by atoms with Gasteiger partial charge in [0.2, 0.25) is 0 Å². The Morgan fingerprint density at radius 3 is 2.69 bits per heavy atom. The van der Waals surface area contributed by atoms with E-state index in [0.29, 0.717) is 6.54 Å². The van der Waals surface area contributed by atoms with Crippen LogP contribution in [0.5, 0.6) is 5.75 Å². The maximum atomic E-state index is 9.04. The van der Waals surface area contributed by atoms with Gasteiger partial charge in [-0.15, -0.1) is 0 Å². The zero-order valence-electron chi connectivity index (χ0n) is 7.62. The molecular weight excluding hydrogens is 234 g/mol. The first-order chi connectivity index (χ1) is 6.13. The number of hydroxylamine groups is 2. The van der Waals surface area contributed by atoms with E-state index < -0.39 is 0 Å². The maximum Gasteiger partial charge on any atom is 0.120 e. The van der Waals surface area contributed by atoms with Crippen molar-refractivity contribution in [3.05, 3.63) is 28.2 Å². The summed E-state index contributed by atoms with van der Waals surface area (Å²) in [6, 6.07) is 5.65. The van der Waals surface area contributed by atoms with Crippen molar-refractivity contribution < 1.29 is 9.94 Å². The average molecular weight is 246 g/mol. The highest BCUT2D eigenvalue weighted by molar-refractivity contribution is 9.10. The van der Waals surface area contributed by atoms with Gasteiger partial charge in [-0.1, -0.05) is 22.0 Å². The number of benzene rings is 1. The quantitative estimate of drug-likeness (QED) is 0.830. The molecule has 4 heteroatoms. The lowest BCUT2D eigenvalue weighted by Crippen LogP contribution is -2.11. The minimum atomic E-state index is 0.491. The van der Waals surface area contributed by atoms with E-state index in [1.165, 1.54) is 0 Å². The van der Waals surface area contributed by atoms with Crippen LogP contribution in [0.15, 0.2) is 22.7 Å². The van der Waals surface area contributed by atoms with Gasteiger partial charge in [0.25, 0.3) is 0 Å². The van der Waals surface area contributed by atoms with E-state index in [2.05, 4.69) is 15.9 Å². The molecule has 0 unspecified atom stereocenters. The standard InChI is InChI=1S/C9H12BrNO2/c1-11(12)6-7-3-4-8(13-2)5-9(7)10/h3-5,12H,6H2,1-2H3. The molecule has 0 spiro atoms. The molecule has 0 heterocycles. The first-order valence-corrected chi connectivity index (χ1v) is 4.65. The van der Waals surface area contributed by atoms with Gasteiger partial charge in [0.1, 0.15) is 5.75 Å². The zero-order valence-corrected chi connectivity index (χ0v) is 9.21. The van der Waals surface area contributed by atoms with Crippen LogP contribution in [0.2, 0.25) is 0 Å². The summed E-state index contributed by atoms with van der Waals surface area (Å²) >= 11 is 3.40. The second-order valence-electron chi connectivity index (χ2n) is 2.77. The molecule has 0 amide bonds. The Morgan fingerprint density at radius 2 is 2.23 bits per heavy atom. The van der Waals surface area contributed by atoms with E-state index in [1.54, 1.807) is 14.2 Å². The van der Waals surface area contributed by atoms with Crippen LogP contribution in [-0.2, 0) is 6.54 Å². The molecule has 1 rings (SSSR count). The molecule has 0 aliphatic carbocycles. The summed E-state index contributed by atoms with van der Waals surface area (Å²) < 4.78 is 5.99. The lowest BCUT2D eigenvalue weighted by Gasteiger charge is -2.10. The van der Waals surface area contributed by atoms with Crippen molar-refractivity contribution in [2.45, 2.75) is 6.54 Å². The third-order valence-electron chi connectivity index (χ3n) is 1.66. The fourth-order valence-electron chi connectivity index (χ4n) is 1.03. The average Bonchev–Trinajstić information content (AvgIpc) is 2.08. The Hall–Kier alpha value is -0.580. The minimum Gasteiger partial charge on any atom is -0.497 e. The Bertz CT molecular complexity index is 289. The van der Waals surface area contributed by atoms with Gasteiger partial charge in [0.15, 0.2) is 0 Å². The van der Waals surface area contributed by atoms with Crippen molar-refractivity contribution in [1.29, 1.82) is 0 Å². The van der Waals surface area contributed by atoms with Gasteiger partial charge in [-0.25, -0.2) is 0 Å². The van der Waals surface area contributed by atoms with Crippen molar-refractivity contribution in [2.24, 2.45) is 0 Å². The SMILES string of the molecule is COc1ccc(CN(C)O)c(Br)c1.